The van der Waals surface area contributed by atoms with Crippen molar-refractivity contribution in [1.82, 2.24) is 24.5 Å². The average Bonchev–Trinajstić information content (AvgIpc) is 3.56. The summed E-state index contributed by atoms with van der Waals surface area (Å²) in [6, 6.07) is 5.43. The number of likely N-dealkylation sites (tertiary alicyclic amines) is 1. The number of nitrogens with one attached hydrogen (secondary N) is 1. The van der Waals surface area contributed by atoms with Gasteiger partial charge < -0.3 is 20.7 Å². The summed E-state index contributed by atoms with van der Waals surface area (Å²) in [5, 5.41) is 13.2. The van der Waals surface area contributed by atoms with Crippen molar-refractivity contribution in [3.05, 3.63) is 53.9 Å². The second-order valence-electron chi connectivity index (χ2n) is 8.33. The molecule has 0 saturated carbocycles. The van der Waals surface area contributed by atoms with E-state index in [1.54, 1.807) is 23.7 Å². The molecule has 10 heteroatoms. The number of amides is 2. The lowest BCUT2D eigenvalue weighted by Gasteiger charge is -2.22. The predicted molar refractivity (Wildman–Crippen MR) is 133 cm³/mol. The Balaban J connectivity index is 1.71. The maximum atomic E-state index is 12.4. The average molecular weight is 476 g/mol. The van der Waals surface area contributed by atoms with Crippen molar-refractivity contribution in [3.63, 3.8) is 0 Å². The number of benzene rings is 1. The normalized spacial score (nSPS) is 17.3. The first-order chi connectivity index (χ1) is 16.9. The zero-order valence-corrected chi connectivity index (χ0v) is 20.1. The van der Waals surface area contributed by atoms with Gasteiger partial charge in [-0.3, -0.25) is 14.3 Å². The van der Waals surface area contributed by atoms with E-state index in [1.807, 2.05) is 36.0 Å². The molecule has 1 aliphatic heterocycles. The Labute approximate surface area is 203 Å². The van der Waals surface area contributed by atoms with E-state index in [9.17, 15) is 9.59 Å². The largest absolute Gasteiger partial charge is 0.383 e. The van der Waals surface area contributed by atoms with E-state index in [0.717, 1.165) is 23.0 Å². The van der Waals surface area contributed by atoms with Gasteiger partial charge in [-0.1, -0.05) is 12.5 Å². The zero-order valence-electron chi connectivity index (χ0n) is 20.1. The maximum Gasteiger partial charge on any atom is 0.255 e. The third-order valence-corrected chi connectivity index (χ3v) is 6.15. The molecular formula is C25H29N7O3. The van der Waals surface area contributed by atoms with E-state index in [4.69, 9.17) is 10.5 Å². The molecule has 0 aliphatic carbocycles. The molecule has 2 atom stereocenters. The van der Waals surface area contributed by atoms with Crippen molar-refractivity contribution in [2.24, 2.45) is 5.73 Å². The van der Waals surface area contributed by atoms with Gasteiger partial charge in [-0.2, -0.15) is 10.2 Å². The first-order valence-corrected chi connectivity index (χ1v) is 11.4. The fraction of sp³-hybridized carbons (Fsp3) is 0.360. The van der Waals surface area contributed by atoms with Crippen molar-refractivity contribution >= 4 is 28.5 Å². The Kier molecular flexibility index (Phi) is 6.89. The molecule has 4 rings (SSSR count). The van der Waals surface area contributed by atoms with E-state index in [0.29, 0.717) is 25.4 Å². The molecular weight excluding hydrogens is 446 g/mol. The minimum absolute atomic E-state index is 0.133. The minimum atomic E-state index is -0.630. The lowest BCUT2D eigenvalue weighted by molar-refractivity contribution is -0.127. The standard InChI is InChI=1S/C25H29N7O3/c1-5-22(33)31-14-18(12-19(31)15-35-4)32-25(27-3)23(24(26)34)21(29-32)10-8-16-7-9-20-17(11-16)13-30(6-2)28-20/h5,7,9,11,13,18-19,27H,1,6,12,14-15H2,2-4H3,(H2,26,34)/t18-,19+/m0/s1. The minimum Gasteiger partial charge on any atom is -0.383 e. The van der Waals surface area contributed by atoms with Crippen molar-refractivity contribution in [2.75, 3.05) is 32.6 Å². The SMILES string of the molecule is C=CC(=O)N1C[C@@H](n2nc(C#Cc3ccc4nn(CC)cc4c3)c(C(N)=O)c2NC)C[C@@H]1COC. The molecule has 2 amide bonds. The van der Waals surface area contributed by atoms with Crippen LogP contribution >= 0.6 is 0 Å². The van der Waals surface area contributed by atoms with Gasteiger partial charge in [0, 0.05) is 44.4 Å². The highest BCUT2D eigenvalue weighted by Crippen LogP contribution is 2.32. The molecule has 0 unspecified atom stereocenters. The summed E-state index contributed by atoms with van der Waals surface area (Å²) >= 11 is 0. The number of hydrogen-bond donors (Lipinski definition) is 2. The second kappa shape index (κ2) is 10.0. The Morgan fingerprint density at radius 3 is 2.80 bits per heavy atom. The van der Waals surface area contributed by atoms with E-state index < -0.39 is 5.91 Å². The number of anilines is 1. The third kappa shape index (κ3) is 4.63. The third-order valence-electron chi connectivity index (χ3n) is 6.15. The van der Waals surface area contributed by atoms with Gasteiger partial charge in [-0.15, -0.1) is 0 Å². The number of methoxy groups -OCH3 is 1. The van der Waals surface area contributed by atoms with Crippen molar-refractivity contribution < 1.29 is 14.3 Å². The molecule has 1 saturated heterocycles. The second-order valence-corrected chi connectivity index (χ2v) is 8.33. The maximum absolute atomic E-state index is 12.4. The molecule has 1 fully saturated rings. The van der Waals surface area contributed by atoms with Crippen LogP contribution < -0.4 is 11.1 Å². The number of primary amides is 1. The van der Waals surface area contributed by atoms with Crippen LogP contribution in [-0.4, -0.2) is 69.6 Å². The monoisotopic (exact) mass is 475 g/mol. The van der Waals surface area contributed by atoms with Gasteiger partial charge in [-0.05, 0) is 43.5 Å². The number of nitrogens with zero attached hydrogens (tertiary/aromatic N) is 5. The Morgan fingerprint density at radius 2 is 2.14 bits per heavy atom. The van der Waals surface area contributed by atoms with Gasteiger partial charge in [0.2, 0.25) is 5.91 Å². The lowest BCUT2D eigenvalue weighted by Crippen LogP contribution is -2.37. The van der Waals surface area contributed by atoms with E-state index in [1.165, 1.54) is 6.08 Å². The fourth-order valence-electron chi connectivity index (χ4n) is 4.51. The number of carbonyl (C=O) groups excluding carboxylic acids is 2. The Hall–Kier alpha value is -4.10. The highest BCUT2D eigenvalue weighted by atomic mass is 16.5. The molecule has 0 radical (unpaired) electrons. The Bertz CT molecular complexity index is 1340. The van der Waals surface area contributed by atoms with Crippen LogP contribution in [0.15, 0.2) is 37.1 Å². The molecule has 0 bridgehead atoms. The summed E-state index contributed by atoms with van der Waals surface area (Å²) in [7, 11) is 3.30. The number of ether oxygens (including phenoxy) is 1. The molecule has 0 spiro atoms. The van der Waals surface area contributed by atoms with Crippen LogP contribution in [-0.2, 0) is 16.1 Å². The van der Waals surface area contributed by atoms with Crippen LogP contribution in [0, 0.1) is 11.8 Å². The highest BCUT2D eigenvalue weighted by Gasteiger charge is 2.37. The van der Waals surface area contributed by atoms with Crippen LogP contribution in [0.4, 0.5) is 5.82 Å². The van der Waals surface area contributed by atoms with Crippen molar-refractivity contribution in [3.8, 4) is 11.8 Å². The van der Waals surface area contributed by atoms with E-state index >= 15 is 0 Å². The van der Waals surface area contributed by atoms with Gasteiger partial charge in [0.25, 0.3) is 5.91 Å². The quantitative estimate of drug-likeness (QED) is 0.397. The summed E-state index contributed by atoms with van der Waals surface area (Å²) in [5.41, 5.74) is 7.89. The first kappa shape index (κ1) is 24.0. The molecule has 1 aromatic carbocycles. The number of fused-ring (bicyclic) bond motifs is 1. The van der Waals surface area contributed by atoms with Gasteiger partial charge >= 0.3 is 0 Å². The number of nitrogens with two attached hydrogens (primary N) is 1. The molecule has 3 aromatic rings. The summed E-state index contributed by atoms with van der Waals surface area (Å²) < 4.78 is 8.88. The zero-order chi connectivity index (χ0) is 25.1. The number of hydrogen-bond acceptors (Lipinski definition) is 6. The molecule has 10 nitrogen and oxygen atoms in total. The van der Waals surface area contributed by atoms with Gasteiger partial charge in [0.15, 0.2) is 5.69 Å². The summed E-state index contributed by atoms with van der Waals surface area (Å²) in [4.78, 5) is 26.5. The van der Waals surface area contributed by atoms with Crippen LogP contribution in [0.25, 0.3) is 10.9 Å². The molecule has 3 N–H and O–H groups in total. The van der Waals surface area contributed by atoms with E-state index in [-0.39, 0.29) is 29.2 Å². The molecule has 1 aliphatic rings. The topological polar surface area (TPSA) is 120 Å². The van der Waals surface area contributed by atoms with Gasteiger partial charge in [0.05, 0.1) is 24.2 Å². The van der Waals surface area contributed by atoms with Crippen LogP contribution in [0.5, 0.6) is 0 Å². The molecule has 3 heterocycles. The summed E-state index contributed by atoms with van der Waals surface area (Å²) in [6.07, 6.45) is 3.86. The number of carbonyl (C=O) groups is 2. The van der Waals surface area contributed by atoms with Gasteiger partial charge in [0.1, 0.15) is 11.4 Å². The molecule has 182 valence electrons. The number of aryl methyl sites for hydroxylation is 1. The van der Waals surface area contributed by atoms with Crippen LogP contribution in [0.1, 0.15) is 41.0 Å². The molecule has 35 heavy (non-hydrogen) atoms. The van der Waals surface area contributed by atoms with Crippen LogP contribution in [0.2, 0.25) is 0 Å². The highest BCUT2D eigenvalue weighted by molar-refractivity contribution is 6.00. The smallest absolute Gasteiger partial charge is 0.255 e. The number of rotatable bonds is 7. The number of aromatic nitrogens is 4. The molecule has 2 aromatic heterocycles. The van der Waals surface area contributed by atoms with Gasteiger partial charge in [-0.25, -0.2) is 4.68 Å². The first-order valence-electron chi connectivity index (χ1n) is 11.4. The lowest BCUT2D eigenvalue weighted by atomic mass is 10.1. The van der Waals surface area contributed by atoms with Crippen LogP contribution in [0.3, 0.4) is 0 Å². The van der Waals surface area contributed by atoms with E-state index in [2.05, 4.69) is 33.9 Å². The fourth-order valence-corrected chi connectivity index (χ4v) is 4.51. The van der Waals surface area contributed by atoms with Crippen molar-refractivity contribution in [1.29, 1.82) is 0 Å². The van der Waals surface area contributed by atoms with Crippen molar-refractivity contribution in [2.45, 2.75) is 32.0 Å². The summed E-state index contributed by atoms with van der Waals surface area (Å²) in [5.74, 6) is 5.79. The Morgan fingerprint density at radius 1 is 1.34 bits per heavy atom. The predicted octanol–water partition coefficient (Wildman–Crippen LogP) is 1.77. The summed E-state index contributed by atoms with van der Waals surface area (Å²) in [6.45, 7) is 7.20.